The number of rotatable bonds is 5. The second kappa shape index (κ2) is 8.72. The van der Waals surface area contributed by atoms with Crippen LogP contribution < -0.4 is 10.2 Å². The lowest BCUT2D eigenvalue weighted by Gasteiger charge is -2.34. The van der Waals surface area contributed by atoms with Crippen LogP contribution >= 0.6 is 0 Å². The zero-order valence-corrected chi connectivity index (χ0v) is 15.7. The molecule has 2 aromatic rings. The average Bonchev–Trinajstić information content (AvgIpc) is 2.68. The number of urea groups is 1. The summed E-state index contributed by atoms with van der Waals surface area (Å²) in [6, 6.07) is 18.2. The summed E-state index contributed by atoms with van der Waals surface area (Å²) in [5.41, 5.74) is 3.18. The Kier molecular flexibility index (Phi) is 6.12. The maximum Gasteiger partial charge on any atom is 0.322 e. The molecule has 0 unspecified atom stereocenters. The molecule has 0 radical (unpaired) electrons. The summed E-state index contributed by atoms with van der Waals surface area (Å²) < 4.78 is 0. The molecule has 3 rings (SSSR count). The van der Waals surface area contributed by atoms with Crippen LogP contribution in [0.2, 0.25) is 0 Å². The number of amides is 2. The number of nitrogens with zero attached hydrogens (tertiary/aromatic N) is 3. The highest BCUT2D eigenvalue weighted by Crippen LogP contribution is 2.19. The number of carbonyl (C=O) groups is 1. The van der Waals surface area contributed by atoms with E-state index in [0.29, 0.717) is 13.1 Å². The lowest BCUT2D eigenvalue weighted by atomic mass is 10.2. The van der Waals surface area contributed by atoms with E-state index in [-0.39, 0.29) is 6.03 Å². The Labute approximate surface area is 156 Å². The predicted molar refractivity (Wildman–Crippen MR) is 108 cm³/mol. The first-order valence-corrected chi connectivity index (χ1v) is 9.29. The van der Waals surface area contributed by atoms with Gasteiger partial charge in [0.1, 0.15) is 0 Å². The second-order valence-electron chi connectivity index (χ2n) is 6.77. The Morgan fingerprint density at radius 1 is 1.00 bits per heavy atom. The first-order valence-electron chi connectivity index (χ1n) is 9.29. The summed E-state index contributed by atoms with van der Waals surface area (Å²) in [4.78, 5) is 19.1. The van der Waals surface area contributed by atoms with Crippen molar-refractivity contribution in [3.63, 3.8) is 0 Å². The van der Waals surface area contributed by atoms with Gasteiger partial charge in [0.25, 0.3) is 0 Å². The lowest BCUT2D eigenvalue weighted by molar-refractivity contribution is 0.212. The van der Waals surface area contributed by atoms with Crippen molar-refractivity contribution >= 4 is 17.4 Å². The van der Waals surface area contributed by atoms with Crippen molar-refractivity contribution < 1.29 is 4.79 Å². The van der Waals surface area contributed by atoms with Crippen LogP contribution in [-0.4, -0.2) is 55.6 Å². The fraction of sp³-hybridized carbons (Fsp3) is 0.381. The zero-order valence-electron chi connectivity index (χ0n) is 15.7. The van der Waals surface area contributed by atoms with E-state index in [0.717, 1.165) is 37.4 Å². The average molecular weight is 352 g/mol. The van der Waals surface area contributed by atoms with Gasteiger partial charge in [0.15, 0.2) is 0 Å². The summed E-state index contributed by atoms with van der Waals surface area (Å²) in [6.07, 6.45) is 0. The van der Waals surface area contributed by atoms with Gasteiger partial charge in [-0.25, -0.2) is 4.79 Å². The molecule has 0 atom stereocenters. The molecule has 0 bridgehead atoms. The number of hydrogen-bond donors (Lipinski definition) is 1. The van der Waals surface area contributed by atoms with E-state index in [1.54, 1.807) is 0 Å². The monoisotopic (exact) mass is 352 g/mol. The molecule has 1 fully saturated rings. The molecular formula is C21H28N4O. The van der Waals surface area contributed by atoms with E-state index in [4.69, 9.17) is 0 Å². The van der Waals surface area contributed by atoms with Crippen molar-refractivity contribution in [2.75, 3.05) is 50.0 Å². The van der Waals surface area contributed by atoms with Crippen molar-refractivity contribution in [3.05, 3.63) is 60.2 Å². The number of likely N-dealkylation sites (N-methyl/N-ethyl adjacent to an activating group) is 1. The van der Waals surface area contributed by atoms with Gasteiger partial charge in [-0.15, -0.1) is 0 Å². The molecule has 1 heterocycles. The highest BCUT2D eigenvalue weighted by Gasteiger charge is 2.15. The van der Waals surface area contributed by atoms with Crippen LogP contribution in [0.25, 0.3) is 0 Å². The molecule has 1 N–H and O–H groups in total. The Balaban J connectivity index is 1.58. The van der Waals surface area contributed by atoms with E-state index >= 15 is 0 Å². The van der Waals surface area contributed by atoms with Crippen LogP contribution in [0.1, 0.15) is 12.5 Å². The van der Waals surface area contributed by atoms with Gasteiger partial charge in [0, 0.05) is 50.6 Å². The minimum absolute atomic E-state index is 0.0660. The molecule has 5 heteroatoms. The normalized spacial score (nSPS) is 14.9. The van der Waals surface area contributed by atoms with E-state index in [9.17, 15) is 4.79 Å². The van der Waals surface area contributed by atoms with Gasteiger partial charge < -0.3 is 20.0 Å². The SMILES string of the molecule is CCN(Cc1ccccc1)C(=O)Nc1ccc(N2CCN(C)CC2)cc1. The van der Waals surface area contributed by atoms with Gasteiger partial charge in [-0.05, 0) is 43.8 Å². The number of piperazine rings is 1. The molecule has 1 aliphatic rings. The third-order valence-corrected chi connectivity index (χ3v) is 4.87. The lowest BCUT2D eigenvalue weighted by Crippen LogP contribution is -2.44. The molecule has 1 saturated heterocycles. The number of hydrogen-bond acceptors (Lipinski definition) is 3. The van der Waals surface area contributed by atoms with Crippen LogP contribution in [0.4, 0.5) is 16.2 Å². The molecule has 0 aliphatic carbocycles. The molecule has 2 amide bonds. The number of benzene rings is 2. The highest BCUT2D eigenvalue weighted by molar-refractivity contribution is 5.89. The van der Waals surface area contributed by atoms with Gasteiger partial charge in [-0.3, -0.25) is 0 Å². The van der Waals surface area contributed by atoms with Gasteiger partial charge in [-0.1, -0.05) is 30.3 Å². The number of nitrogens with one attached hydrogen (secondary N) is 1. The van der Waals surface area contributed by atoms with Crippen molar-refractivity contribution in [3.8, 4) is 0 Å². The van der Waals surface area contributed by atoms with Crippen LogP contribution in [-0.2, 0) is 6.54 Å². The third kappa shape index (κ3) is 4.76. The number of anilines is 2. The summed E-state index contributed by atoms with van der Waals surface area (Å²) in [7, 11) is 2.16. The maximum atomic E-state index is 12.6. The summed E-state index contributed by atoms with van der Waals surface area (Å²) in [6.45, 7) is 7.54. The summed E-state index contributed by atoms with van der Waals surface area (Å²) in [5.74, 6) is 0. The van der Waals surface area contributed by atoms with E-state index in [1.165, 1.54) is 5.69 Å². The van der Waals surface area contributed by atoms with Gasteiger partial charge in [0.05, 0.1) is 0 Å². The third-order valence-electron chi connectivity index (χ3n) is 4.87. The summed E-state index contributed by atoms with van der Waals surface area (Å²) in [5, 5.41) is 3.01. The van der Waals surface area contributed by atoms with E-state index < -0.39 is 0 Å². The van der Waals surface area contributed by atoms with Crippen LogP contribution in [0.15, 0.2) is 54.6 Å². The summed E-state index contributed by atoms with van der Waals surface area (Å²) >= 11 is 0. The predicted octanol–water partition coefficient (Wildman–Crippen LogP) is 3.49. The largest absolute Gasteiger partial charge is 0.369 e. The Morgan fingerprint density at radius 2 is 1.65 bits per heavy atom. The standard InChI is InChI=1S/C21H28N4O/c1-3-24(17-18-7-5-4-6-8-18)21(26)22-19-9-11-20(12-10-19)25-15-13-23(2)14-16-25/h4-12H,3,13-17H2,1-2H3,(H,22,26). The molecule has 138 valence electrons. The molecule has 1 aliphatic heterocycles. The molecular weight excluding hydrogens is 324 g/mol. The first-order chi connectivity index (χ1) is 12.7. The van der Waals surface area contributed by atoms with Crippen LogP contribution in [0.5, 0.6) is 0 Å². The molecule has 2 aromatic carbocycles. The fourth-order valence-corrected chi connectivity index (χ4v) is 3.15. The van der Waals surface area contributed by atoms with Gasteiger partial charge in [0.2, 0.25) is 0 Å². The smallest absolute Gasteiger partial charge is 0.322 e. The van der Waals surface area contributed by atoms with Gasteiger partial charge in [-0.2, -0.15) is 0 Å². The Morgan fingerprint density at radius 3 is 2.27 bits per heavy atom. The minimum atomic E-state index is -0.0660. The van der Waals surface area contributed by atoms with Crippen molar-refractivity contribution in [2.45, 2.75) is 13.5 Å². The zero-order chi connectivity index (χ0) is 18.4. The topological polar surface area (TPSA) is 38.8 Å². The first kappa shape index (κ1) is 18.3. The number of carbonyl (C=O) groups excluding carboxylic acids is 1. The van der Waals surface area contributed by atoms with Crippen molar-refractivity contribution in [1.29, 1.82) is 0 Å². The van der Waals surface area contributed by atoms with E-state index in [1.807, 2.05) is 54.3 Å². The molecule has 0 aromatic heterocycles. The molecule has 0 spiro atoms. The molecule has 0 saturated carbocycles. The minimum Gasteiger partial charge on any atom is -0.369 e. The van der Waals surface area contributed by atoms with Gasteiger partial charge >= 0.3 is 6.03 Å². The van der Waals surface area contributed by atoms with Crippen LogP contribution in [0.3, 0.4) is 0 Å². The fourth-order valence-electron chi connectivity index (χ4n) is 3.15. The van der Waals surface area contributed by atoms with Crippen molar-refractivity contribution in [1.82, 2.24) is 9.80 Å². The Hall–Kier alpha value is -2.53. The van der Waals surface area contributed by atoms with E-state index in [2.05, 4.69) is 34.3 Å². The van der Waals surface area contributed by atoms with Crippen LogP contribution in [0, 0.1) is 0 Å². The quantitative estimate of drug-likeness (QED) is 0.895. The molecule has 5 nitrogen and oxygen atoms in total. The maximum absolute atomic E-state index is 12.6. The Bertz CT molecular complexity index is 694. The van der Waals surface area contributed by atoms with Crippen molar-refractivity contribution in [2.24, 2.45) is 0 Å². The highest BCUT2D eigenvalue weighted by atomic mass is 16.2. The molecule has 26 heavy (non-hydrogen) atoms. The second-order valence-corrected chi connectivity index (χ2v) is 6.77.